The second kappa shape index (κ2) is 7.87. The summed E-state index contributed by atoms with van der Waals surface area (Å²) in [4.78, 5) is 4.68. The standard InChI is InChI=1S/C18H34N2O2SSi/c1-14-10-9-11-15(20-14)16(12-13-18(5,6)23(19)21)22-24(7,8)17(2,3)4/h9-11,16H,12-13,19H2,1-8H3/t16-,23?/m0/s1. The van der Waals surface area contributed by atoms with Gasteiger partial charge in [-0.1, -0.05) is 26.8 Å². The first-order valence-corrected chi connectivity index (χ1v) is 12.7. The van der Waals surface area contributed by atoms with Crippen LogP contribution in [0.15, 0.2) is 18.2 Å². The first-order valence-electron chi connectivity index (χ1n) is 8.54. The molecular formula is C18H34N2O2SSi. The summed E-state index contributed by atoms with van der Waals surface area (Å²) < 4.78 is 18.0. The molecule has 0 amide bonds. The smallest absolute Gasteiger partial charge is 0.192 e. The van der Waals surface area contributed by atoms with E-state index in [4.69, 9.17) is 9.56 Å². The summed E-state index contributed by atoms with van der Waals surface area (Å²) >= 11 is -1.36. The maximum atomic E-state index is 11.8. The van der Waals surface area contributed by atoms with E-state index in [2.05, 4.69) is 38.8 Å². The van der Waals surface area contributed by atoms with Crippen LogP contribution in [-0.4, -0.2) is 22.6 Å². The molecule has 4 nitrogen and oxygen atoms in total. The van der Waals surface area contributed by atoms with Gasteiger partial charge < -0.3 is 8.98 Å². The molecule has 0 aromatic carbocycles. The van der Waals surface area contributed by atoms with Crippen LogP contribution in [0.4, 0.5) is 0 Å². The minimum absolute atomic E-state index is 0.0892. The van der Waals surface area contributed by atoms with Crippen molar-refractivity contribution in [3.63, 3.8) is 0 Å². The van der Waals surface area contributed by atoms with Crippen molar-refractivity contribution < 1.29 is 8.98 Å². The number of hydrogen-bond acceptors (Lipinski definition) is 4. The molecule has 1 rings (SSSR count). The van der Waals surface area contributed by atoms with Crippen molar-refractivity contribution in [2.24, 2.45) is 5.14 Å². The average Bonchev–Trinajstić information content (AvgIpc) is 2.42. The lowest BCUT2D eigenvalue weighted by Gasteiger charge is -2.39. The number of nitrogens with zero attached hydrogens (tertiary/aromatic N) is 1. The second-order valence-electron chi connectivity index (χ2n) is 8.67. The topological polar surface area (TPSA) is 71.2 Å². The molecular weight excluding hydrogens is 336 g/mol. The number of hydrogen-bond donors (Lipinski definition) is 1. The number of rotatable bonds is 7. The molecule has 24 heavy (non-hydrogen) atoms. The van der Waals surface area contributed by atoms with Gasteiger partial charge in [-0.05, 0) is 57.5 Å². The molecule has 6 heteroatoms. The molecule has 138 valence electrons. The molecule has 0 saturated carbocycles. The fraction of sp³-hybridized carbons (Fsp3) is 0.722. The minimum atomic E-state index is -1.94. The highest BCUT2D eigenvalue weighted by Crippen LogP contribution is 2.41. The summed E-state index contributed by atoms with van der Waals surface area (Å²) in [5, 5.41) is 5.77. The maximum absolute atomic E-state index is 11.8. The lowest BCUT2D eigenvalue weighted by atomic mass is 10.0. The van der Waals surface area contributed by atoms with Gasteiger partial charge in [0.15, 0.2) is 8.32 Å². The van der Waals surface area contributed by atoms with E-state index in [1.54, 1.807) is 0 Å². The SMILES string of the molecule is Cc1cccc([C@H](CCC(C)(C)[S+](N)[O-])O[Si](C)(C)C(C)(C)C)n1. The summed E-state index contributed by atoms with van der Waals surface area (Å²) in [6.07, 6.45) is 1.40. The lowest BCUT2D eigenvalue weighted by molar-refractivity contribution is 0.162. The van der Waals surface area contributed by atoms with Crippen molar-refractivity contribution >= 4 is 19.7 Å². The molecule has 0 radical (unpaired) electrons. The van der Waals surface area contributed by atoms with Crippen LogP contribution >= 0.6 is 0 Å². The molecule has 1 aromatic rings. The average molecular weight is 371 g/mol. The Hall–Kier alpha value is -0.403. The van der Waals surface area contributed by atoms with Gasteiger partial charge in [-0.3, -0.25) is 4.98 Å². The lowest BCUT2D eigenvalue weighted by Crippen LogP contribution is -2.43. The molecule has 0 fully saturated rings. The Labute approximate surface area is 152 Å². The Morgan fingerprint density at radius 2 is 1.83 bits per heavy atom. The molecule has 1 aromatic heterocycles. The van der Waals surface area contributed by atoms with E-state index in [0.29, 0.717) is 0 Å². The maximum Gasteiger partial charge on any atom is 0.192 e. The van der Waals surface area contributed by atoms with Crippen LogP contribution < -0.4 is 5.14 Å². The molecule has 1 unspecified atom stereocenters. The van der Waals surface area contributed by atoms with Gasteiger partial charge >= 0.3 is 0 Å². The van der Waals surface area contributed by atoms with Crippen molar-refractivity contribution in [2.45, 2.75) is 83.4 Å². The summed E-state index contributed by atoms with van der Waals surface area (Å²) in [5.74, 6) is 0. The van der Waals surface area contributed by atoms with Crippen molar-refractivity contribution in [3.05, 3.63) is 29.6 Å². The third kappa shape index (κ3) is 5.84. The summed E-state index contributed by atoms with van der Waals surface area (Å²) in [7, 11) is -1.94. The zero-order chi connectivity index (χ0) is 18.8. The van der Waals surface area contributed by atoms with Gasteiger partial charge in [0.25, 0.3) is 0 Å². The Bertz CT molecular complexity index is 542. The molecule has 1 heterocycles. The van der Waals surface area contributed by atoms with Crippen LogP contribution in [0.1, 0.15) is 65.0 Å². The van der Waals surface area contributed by atoms with Crippen molar-refractivity contribution in [2.75, 3.05) is 0 Å². The Kier molecular flexibility index (Phi) is 7.10. The van der Waals surface area contributed by atoms with E-state index in [-0.39, 0.29) is 11.1 Å². The minimum Gasteiger partial charge on any atom is -0.598 e. The van der Waals surface area contributed by atoms with Crippen molar-refractivity contribution in [1.29, 1.82) is 0 Å². The number of aromatic nitrogens is 1. The second-order valence-corrected chi connectivity index (χ2v) is 15.1. The zero-order valence-corrected chi connectivity index (χ0v) is 18.3. The normalized spacial score (nSPS) is 16.1. The predicted octanol–water partition coefficient (Wildman–Crippen LogP) is 4.63. The van der Waals surface area contributed by atoms with Crippen LogP contribution in [0.3, 0.4) is 0 Å². The molecule has 0 saturated heterocycles. The fourth-order valence-electron chi connectivity index (χ4n) is 2.12. The van der Waals surface area contributed by atoms with E-state index in [1.807, 2.05) is 39.0 Å². The largest absolute Gasteiger partial charge is 0.598 e. The Morgan fingerprint density at radius 3 is 2.29 bits per heavy atom. The molecule has 2 N–H and O–H groups in total. The first kappa shape index (κ1) is 21.6. The molecule has 0 bridgehead atoms. The molecule has 2 atom stereocenters. The number of aryl methyl sites for hydroxylation is 1. The van der Waals surface area contributed by atoms with Crippen LogP contribution in [-0.2, 0) is 15.8 Å². The van der Waals surface area contributed by atoms with E-state index in [9.17, 15) is 4.55 Å². The highest BCUT2D eigenvalue weighted by Gasteiger charge is 2.40. The third-order valence-electron chi connectivity index (χ3n) is 5.04. The van der Waals surface area contributed by atoms with Crippen LogP contribution in [0.25, 0.3) is 0 Å². The van der Waals surface area contributed by atoms with Gasteiger partial charge in [0.2, 0.25) is 0 Å². The summed E-state index contributed by atoms with van der Waals surface area (Å²) in [6, 6.07) is 6.04. The van der Waals surface area contributed by atoms with E-state index in [0.717, 1.165) is 24.2 Å². The molecule has 0 aliphatic carbocycles. The van der Waals surface area contributed by atoms with Crippen LogP contribution in [0.5, 0.6) is 0 Å². The Balaban J connectivity index is 3.05. The predicted molar refractivity (Wildman–Crippen MR) is 106 cm³/mol. The van der Waals surface area contributed by atoms with Crippen molar-refractivity contribution in [3.8, 4) is 0 Å². The van der Waals surface area contributed by atoms with Gasteiger partial charge in [0, 0.05) is 23.5 Å². The molecule has 0 aliphatic rings. The first-order chi connectivity index (χ1) is 10.8. The van der Waals surface area contributed by atoms with Crippen LogP contribution in [0.2, 0.25) is 18.1 Å². The third-order valence-corrected chi connectivity index (χ3v) is 10.8. The monoisotopic (exact) mass is 370 g/mol. The van der Waals surface area contributed by atoms with Gasteiger partial charge in [0.05, 0.1) is 11.8 Å². The highest BCUT2D eigenvalue weighted by atomic mass is 32.2. The van der Waals surface area contributed by atoms with Crippen molar-refractivity contribution in [1.82, 2.24) is 4.98 Å². The molecule has 0 aliphatic heterocycles. The fourth-order valence-corrected chi connectivity index (χ4v) is 3.74. The molecule has 0 spiro atoms. The highest BCUT2D eigenvalue weighted by molar-refractivity contribution is 7.90. The van der Waals surface area contributed by atoms with Crippen LogP contribution in [0, 0.1) is 6.92 Å². The van der Waals surface area contributed by atoms with Gasteiger partial charge in [0.1, 0.15) is 4.75 Å². The number of pyridine rings is 1. The summed E-state index contributed by atoms with van der Waals surface area (Å²) in [6.45, 7) is 17.1. The number of nitrogens with two attached hydrogens (primary N) is 1. The van der Waals surface area contributed by atoms with Gasteiger partial charge in [-0.15, -0.1) is 0 Å². The van der Waals surface area contributed by atoms with Gasteiger partial charge in [-0.2, -0.15) is 5.14 Å². The summed E-state index contributed by atoms with van der Waals surface area (Å²) in [5.41, 5.74) is 1.94. The van der Waals surface area contributed by atoms with E-state index >= 15 is 0 Å². The van der Waals surface area contributed by atoms with E-state index in [1.165, 1.54) is 0 Å². The van der Waals surface area contributed by atoms with Gasteiger partial charge in [-0.25, -0.2) is 0 Å². The Morgan fingerprint density at radius 1 is 1.25 bits per heavy atom. The quantitative estimate of drug-likeness (QED) is 0.561. The zero-order valence-electron chi connectivity index (χ0n) is 16.5. The van der Waals surface area contributed by atoms with E-state index < -0.39 is 24.4 Å².